The molecule has 1 fully saturated rings. The average molecular weight is 319 g/mol. The van der Waals surface area contributed by atoms with E-state index >= 15 is 0 Å². The van der Waals surface area contributed by atoms with Gasteiger partial charge in [-0.1, -0.05) is 56.2 Å². The van der Waals surface area contributed by atoms with Gasteiger partial charge in [0.1, 0.15) is 0 Å². The Labute approximate surface area is 142 Å². The van der Waals surface area contributed by atoms with Gasteiger partial charge in [0, 0.05) is 17.2 Å². The van der Waals surface area contributed by atoms with Gasteiger partial charge in [0.2, 0.25) is 0 Å². The van der Waals surface area contributed by atoms with Gasteiger partial charge >= 0.3 is 0 Å². The molecule has 2 aromatic carbocycles. The number of benzene rings is 2. The fourth-order valence-corrected chi connectivity index (χ4v) is 4.04. The van der Waals surface area contributed by atoms with Crippen molar-refractivity contribution in [1.29, 1.82) is 0 Å². The summed E-state index contributed by atoms with van der Waals surface area (Å²) in [4.78, 5) is 25.6. The highest BCUT2D eigenvalue weighted by atomic mass is 16.2. The monoisotopic (exact) mass is 319 g/mol. The molecule has 0 radical (unpaired) electrons. The van der Waals surface area contributed by atoms with Crippen LogP contribution in [-0.2, 0) is 0 Å². The van der Waals surface area contributed by atoms with Crippen molar-refractivity contribution in [2.24, 2.45) is 5.92 Å². The summed E-state index contributed by atoms with van der Waals surface area (Å²) in [5.74, 6) is 0.335. The Morgan fingerprint density at radius 1 is 0.958 bits per heavy atom. The fourth-order valence-electron chi connectivity index (χ4n) is 4.04. The minimum absolute atomic E-state index is 0.0388. The number of ketones is 1. The van der Waals surface area contributed by atoms with Crippen molar-refractivity contribution >= 4 is 11.7 Å². The van der Waals surface area contributed by atoms with Crippen LogP contribution >= 0.6 is 0 Å². The zero-order chi connectivity index (χ0) is 16.7. The first-order chi connectivity index (χ1) is 11.7. The van der Waals surface area contributed by atoms with Crippen LogP contribution in [0.3, 0.4) is 0 Å². The van der Waals surface area contributed by atoms with E-state index in [1.807, 2.05) is 36.4 Å². The Balaban J connectivity index is 1.69. The van der Waals surface area contributed by atoms with Crippen LogP contribution in [0, 0.1) is 5.92 Å². The van der Waals surface area contributed by atoms with Gasteiger partial charge in [-0.2, -0.15) is 0 Å². The third-order valence-electron chi connectivity index (χ3n) is 5.43. The van der Waals surface area contributed by atoms with Gasteiger partial charge in [0.25, 0.3) is 5.91 Å². The van der Waals surface area contributed by atoms with Gasteiger partial charge in [-0.05, 0) is 36.0 Å². The van der Waals surface area contributed by atoms with Crippen LogP contribution in [0.2, 0.25) is 0 Å². The van der Waals surface area contributed by atoms with Gasteiger partial charge in [-0.3, -0.25) is 9.59 Å². The van der Waals surface area contributed by atoms with E-state index in [9.17, 15) is 9.59 Å². The maximum atomic E-state index is 12.9. The summed E-state index contributed by atoms with van der Waals surface area (Å²) < 4.78 is 0. The minimum Gasteiger partial charge on any atom is -0.349 e. The number of amides is 1. The lowest BCUT2D eigenvalue weighted by molar-refractivity contribution is 0.0902. The summed E-state index contributed by atoms with van der Waals surface area (Å²) in [5.41, 5.74) is 3.56. The van der Waals surface area contributed by atoms with Gasteiger partial charge < -0.3 is 5.32 Å². The number of rotatable bonds is 2. The van der Waals surface area contributed by atoms with Crippen molar-refractivity contribution in [3.05, 3.63) is 59.2 Å². The summed E-state index contributed by atoms with van der Waals surface area (Å²) in [6.45, 7) is 2.19. The van der Waals surface area contributed by atoms with Crippen LogP contribution in [0.5, 0.6) is 0 Å². The van der Waals surface area contributed by atoms with Crippen molar-refractivity contribution < 1.29 is 9.59 Å². The van der Waals surface area contributed by atoms with Crippen molar-refractivity contribution in [2.45, 2.75) is 38.6 Å². The van der Waals surface area contributed by atoms with E-state index in [4.69, 9.17) is 0 Å². The van der Waals surface area contributed by atoms with Crippen LogP contribution < -0.4 is 5.32 Å². The third-order valence-corrected chi connectivity index (χ3v) is 5.43. The van der Waals surface area contributed by atoms with E-state index in [1.165, 1.54) is 6.42 Å². The van der Waals surface area contributed by atoms with Gasteiger partial charge in [0.05, 0.1) is 5.56 Å². The predicted molar refractivity (Wildman–Crippen MR) is 94.2 cm³/mol. The number of carbonyl (C=O) groups excluding carboxylic acids is 2. The smallest absolute Gasteiger partial charge is 0.252 e. The molecule has 0 aliphatic heterocycles. The Morgan fingerprint density at radius 3 is 2.46 bits per heavy atom. The molecule has 2 atom stereocenters. The normalized spacial score (nSPS) is 22.0. The number of fused-ring (bicyclic) bond motifs is 3. The predicted octanol–water partition coefficient (Wildman–Crippen LogP) is 4.21. The Morgan fingerprint density at radius 2 is 1.67 bits per heavy atom. The second-order valence-corrected chi connectivity index (χ2v) is 6.94. The van der Waals surface area contributed by atoms with E-state index in [-0.39, 0.29) is 17.7 Å². The molecule has 2 aliphatic carbocycles. The van der Waals surface area contributed by atoms with E-state index in [0.717, 1.165) is 30.4 Å². The molecule has 0 spiro atoms. The Kier molecular flexibility index (Phi) is 3.72. The molecule has 2 aliphatic rings. The molecule has 24 heavy (non-hydrogen) atoms. The largest absolute Gasteiger partial charge is 0.349 e. The molecule has 3 heteroatoms. The quantitative estimate of drug-likeness (QED) is 0.769. The van der Waals surface area contributed by atoms with Crippen LogP contribution in [0.15, 0.2) is 42.5 Å². The molecule has 4 rings (SSSR count). The van der Waals surface area contributed by atoms with Crippen LogP contribution in [0.25, 0.3) is 11.1 Å². The number of nitrogens with one attached hydrogen (secondary N) is 1. The van der Waals surface area contributed by atoms with Crippen molar-refractivity contribution in [2.75, 3.05) is 0 Å². The third kappa shape index (κ3) is 2.35. The average Bonchev–Trinajstić information content (AvgIpc) is 2.90. The van der Waals surface area contributed by atoms with Crippen molar-refractivity contribution in [3.63, 3.8) is 0 Å². The molecule has 0 heterocycles. The zero-order valence-corrected chi connectivity index (χ0v) is 13.8. The summed E-state index contributed by atoms with van der Waals surface area (Å²) in [6.07, 6.45) is 4.58. The molecule has 0 saturated heterocycles. The lowest BCUT2D eigenvalue weighted by Crippen LogP contribution is -2.41. The maximum absolute atomic E-state index is 12.9. The fraction of sp³-hybridized carbons (Fsp3) is 0.333. The first-order valence-corrected chi connectivity index (χ1v) is 8.75. The maximum Gasteiger partial charge on any atom is 0.252 e. The first-order valence-electron chi connectivity index (χ1n) is 8.75. The topological polar surface area (TPSA) is 46.2 Å². The zero-order valence-electron chi connectivity index (χ0n) is 13.8. The molecule has 2 aromatic rings. The standard InChI is InChI=1S/C21H21NO2/c1-13-7-2-5-12-18(13)22-21(24)17-11-6-10-15-14-8-3-4-9-16(14)20(23)19(15)17/h3-4,6,8-11,13,18H,2,5,7,12H2,1H3,(H,22,24). The van der Waals surface area contributed by atoms with Crippen LogP contribution in [0.1, 0.15) is 58.9 Å². The molecule has 0 aromatic heterocycles. The summed E-state index contributed by atoms with van der Waals surface area (Å²) >= 11 is 0. The van der Waals surface area contributed by atoms with E-state index in [1.54, 1.807) is 6.07 Å². The molecule has 122 valence electrons. The highest BCUT2D eigenvalue weighted by Gasteiger charge is 2.32. The molecule has 0 bridgehead atoms. The molecular formula is C21H21NO2. The summed E-state index contributed by atoms with van der Waals surface area (Å²) in [7, 11) is 0. The molecule has 3 nitrogen and oxygen atoms in total. The minimum atomic E-state index is -0.119. The summed E-state index contributed by atoms with van der Waals surface area (Å²) in [6, 6.07) is 13.4. The molecule has 2 unspecified atom stereocenters. The van der Waals surface area contributed by atoms with Crippen LogP contribution in [0.4, 0.5) is 0 Å². The lowest BCUT2D eigenvalue weighted by Gasteiger charge is -2.29. The van der Waals surface area contributed by atoms with E-state index in [2.05, 4.69) is 12.2 Å². The second kappa shape index (κ2) is 5.90. The molecule has 1 saturated carbocycles. The number of hydrogen-bond donors (Lipinski definition) is 1. The van der Waals surface area contributed by atoms with Crippen molar-refractivity contribution in [3.8, 4) is 11.1 Å². The van der Waals surface area contributed by atoms with Crippen molar-refractivity contribution in [1.82, 2.24) is 5.32 Å². The summed E-state index contributed by atoms with van der Waals surface area (Å²) in [5, 5.41) is 3.17. The van der Waals surface area contributed by atoms with Gasteiger partial charge in [0.15, 0.2) is 5.78 Å². The SMILES string of the molecule is CC1CCCCC1NC(=O)c1cccc2c1C(=O)c1ccccc1-2. The molecule has 1 amide bonds. The van der Waals surface area contributed by atoms with E-state index < -0.39 is 0 Å². The second-order valence-electron chi connectivity index (χ2n) is 6.94. The Bertz CT molecular complexity index is 824. The number of carbonyl (C=O) groups is 2. The van der Waals surface area contributed by atoms with Gasteiger partial charge in [-0.25, -0.2) is 0 Å². The lowest BCUT2D eigenvalue weighted by atomic mass is 9.85. The molecular weight excluding hydrogens is 298 g/mol. The highest BCUT2D eigenvalue weighted by molar-refractivity contribution is 6.25. The number of hydrogen-bond acceptors (Lipinski definition) is 2. The highest BCUT2D eigenvalue weighted by Crippen LogP contribution is 2.38. The van der Waals surface area contributed by atoms with E-state index in [0.29, 0.717) is 22.6 Å². The molecule has 1 N–H and O–H groups in total. The van der Waals surface area contributed by atoms with Gasteiger partial charge in [-0.15, -0.1) is 0 Å². The van der Waals surface area contributed by atoms with Crippen LogP contribution in [-0.4, -0.2) is 17.7 Å². The first kappa shape index (κ1) is 15.1. The Hall–Kier alpha value is -2.42.